The van der Waals surface area contributed by atoms with Crippen LogP contribution in [0.3, 0.4) is 0 Å². The van der Waals surface area contributed by atoms with E-state index in [0.717, 1.165) is 47.3 Å². The first-order chi connectivity index (χ1) is 16.9. The lowest BCUT2D eigenvalue weighted by atomic mass is 9.98. The molecule has 4 heterocycles. The molecule has 1 fully saturated rings. The Bertz CT molecular complexity index is 1480. The molecule has 180 valence electrons. The molecular formula is C26H30N8O. The molecule has 1 unspecified atom stereocenters. The largest absolute Gasteiger partial charge is 0.364 e. The molecule has 9 nitrogen and oxygen atoms in total. The van der Waals surface area contributed by atoms with E-state index >= 15 is 0 Å². The standard InChI is InChI=1S/C26H30N8O/c1-5-20-15-33(18(3)19-6-7-21-22(12-19)29-10-9-28-21)17(2)14-34(20)23-13-25(35)31(4)24-16-32(11-8-27)30-26(23)24/h6-7,9-10,12-13,16-18,20H,5,11,14-15H2,1-4H3/t17-,18?,20+/m1/s1. The van der Waals surface area contributed by atoms with Crippen molar-refractivity contribution >= 4 is 27.8 Å². The first kappa shape index (κ1) is 23.0. The number of pyridine rings is 1. The van der Waals surface area contributed by atoms with E-state index in [1.54, 1.807) is 41.0 Å². The van der Waals surface area contributed by atoms with Crippen LogP contribution in [0.2, 0.25) is 0 Å². The highest BCUT2D eigenvalue weighted by atomic mass is 16.1. The van der Waals surface area contributed by atoms with Gasteiger partial charge in [0.15, 0.2) is 0 Å². The van der Waals surface area contributed by atoms with Gasteiger partial charge < -0.3 is 9.47 Å². The second-order valence-electron chi connectivity index (χ2n) is 9.39. The van der Waals surface area contributed by atoms with Crippen molar-refractivity contribution in [3.05, 3.63) is 58.8 Å². The van der Waals surface area contributed by atoms with E-state index in [0.29, 0.717) is 0 Å². The van der Waals surface area contributed by atoms with Crippen LogP contribution in [-0.4, -0.2) is 54.4 Å². The van der Waals surface area contributed by atoms with Crippen molar-refractivity contribution in [2.75, 3.05) is 18.0 Å². The number of benzene rings is 1. The number of fused-ring (bicyclic) bond motifs is 2. The van der Waals surface area contributed by atoms with Gasteiger partial charge in [-0.05, 0) is 38.0 Å². The van der Waals surface area contributed by atoms with Crippen molar-refractivity contribution in [3.63, 3.8) is 0 Å². The van der Waals surface area contributed by atoms with Crippen molar-refractivity contribution in [1.82, 2.24) is 29.2 Å². The monoisotopic (exact) mass is 470 g/mol. The Kier molecular flexibility index (Phi) is 5.99. The zero-order valence-corrected chi connectivity index (χ0v) is 20.6. The van der Waals surface area contributed by atoms with Gasteiger partial charge in [0.25, 0.3) is 5.56 Å². The summed E-state index contributed by atoms with van der Waals surface area (Å²) in [6.07, 6.45) is 6.17. The normalized spacial score (nSPS) is 19.8. The minimum absolute atomic E-state index is 0.0698. The number of nitriles is 1. The Balaban J connectivity index is 1.48. The topological polar surface area (TPSA) is 95.9 Å². The lowest BCUT2D eigenvalue weighted by Gasteiger charge is -2.48. The van der Waals surface area contributed by atoms with Crippen LogP contribution in [0.4, 0.5) is 5.69 Å². The van der Waals surface area contributed by atoms with Gasteiger partial charge in [-0.1, -0.05) is 13.0 Å². The summed E-state index contributed by atoms with van der Waals surface area (Å²) in [5, 5.41) is 13.8. The van der Waals surface area contributed by atoms with Crippen LogP contribution >= 0.6 is 0 Å². The van der Waals surface area contributed by atoms with Crippen molar-refractivity contribution in [2.45, 2.75) is 51.9 Å². The van der Waals surface area contributed by atoms with E-state index < -0.39 is 0 Å². The van der Waals surface area contributed by atoms with Crippen molar-refractivity contribution in [3.8, 4) is 6.07 Å². The molecule has 1 aliphatic heterocycles. The predicted molar refractivity (Wildman–Crippen MR) is 136 cm³/mol. The van der Waals surface area contributed by atoms with Gasteiger partial charge in [0.2, 0.25) is 0 Å². The first-order valence-corrected chi connectivity index (χ1v) is 12.1. The van der Waals surface area contributed by atoms with E-state index in [-0.39, 0.29) is 30.2 Å². The third kappa shape index (κ3) is 4.04. The fourth-order valence-corrected chi connectivity index (χ4v) is 5.29. The number of hydrogen-bond acceptors (Lipinski definition) is 7. The average Bonchev–Trinajstić information content (AvgIpc) is 3.30. The Morgan fingerprint density at radius 2 is 1.94 bits per heavy atom. The maximum atomic E-state index is 12.8. The van der Waals surface area contributed by atoms with Gasteiger partial charge >= 0.3 is 0 Å². The Morgan fingerprint density at radius 1 is 1.17 bits per heavy atom. The molecule has 1 aliphatic rings. The van der Waals surface area contributed by atoms with Crippen molar-refractivity contribution in [2.24, 2.45) is 7.05 Å². The zero-order chi connectivity index (χ0) is 24.7. The van der Waals surface area contributed by atoms with Crippen LogP contribution in [0.1, 0.15) is 38.8 Å². The Morgan fingerprint density at radius 3 is 2.69 bits per heavy atom. The molecule has 3 atom stereocenters. The molecule has 4 aromatic rings. The van der Waals surface area contributed by atoms with Crippen molar-refractivity contribution < 1.29 is 0 Å². The SMILES string of the molecule is CC[C@H]1CN(C(C)c2ccc3nccnc3c2)[C@H](C)CN1c1cc(=O)n(C)c2cn(CC#N)nc12. The van der Waals surface area contributed by atoms with E-state index in [4.69, 9.17) is 5.26 Å². The second kappa shape index (κ2) is 9.12. The van der Waals surface area contributed by atoms with Crippen LogP contribution in [0.5, 0.6) is 0 Å². The molecule has 1 saturated heterocycles. The van der Waals surface area contributed by atoms with E-state index in [2.05, 4.69) is 63.8 Å². The smallest absolute Gasteiger partial charge is 0.252 e. The third-order valence-electron chi connectivity index (χ3n) is 7.31. The van der Waals surface area contributed by atoms with Gasteiger partial charge in [0, 0.05) is 56.7 Å². The molecule has 35 heavy (non-hydrogen) atoms. The van der Waals surface area contributed by atoms with Crippen LogP contribution in [0, 0.1) is 11.3 Å². The number of aromatic nitrogens is 5. The van der Waals surface area contributed by atoms with Crippen LogP contribution < -0.4 is 10.5 Å². The average molecular weight is 471 g/mol. The third-order valence-corrected chi connectivity index (χ3v) is 7.31. The maximum absolute atomic E-state index is 12.8. The van der Waals surface area contributed by atoms with E-state index in [9.17, 15) is 4.79 Å². The summed E-state index contributed by atoms with van der Waals surface area (Å²) < 4.78 is 3.21. The fourth-order valence-electron chi connectivity index (χ4n) is 5.29. The second-order valence-corrected chi connectivity index (χ2v) is 9.39. The Labute approximate surface area is 204 Å². The number of hydrogen-bond donors (Lipinski definition) is 0. The molecular weight excluding hydrogens is 440 g/mol. The minimum Gasteiger partial charge on any atom is -0.364 e. The minimum atomic E-state index is -0.0698. The number of piperazine rings is 1. The van der Waals surface area contributed by atoms with Gasteiger partial charge in [0.05, 0.1) is 34.5 Å². The molecule has 3 aromatic heterocycles. The fraction of sp³-hybridized carbons (Fsp3) is 0.423. The molecule has 0 radical (unpaired) electrons. The summed E-state index contributed by atoms with van der Waals surface area (Å²) in [4.78, 5) is 26.6. The van der Waals surface area contributed by atoms with Gasteiger partial charge in [0.1, 0.15) is 12.1 Å². The molecule has 0 amide bonds. The summed E-state index contributed by atoms with van der Waals surface area (Å²) in [5.74, 6) is 0. The zero-order valence-electron chi connectivity index (χ0n) is 20.6. The highest BCUT2D eigenvalue weighted by Gasteiger charge is 2.35. The molecule has 9 heteroatoms. The summed E-state index contributed by atoms with van der Waals surface area (Å²) in [7, 11) is 1.75. The maximum Gasteiger partial charge on any atom is 0.252 e. The van der Waals surface area contributed by atoms with E-state index in [1.807, 2.05) is 6.07 Å². The van der Waals surface area contributed by atoms with Gasteiger partial charge in [-0.25, -0.2) is 0 Å². The molecule has 0 bridgehead atoms. The summed E-state index contributed by atoms with van der Waals surface area (Å²) in [5.41, 5.74) is 5.33. The van der Waals surface area contributed by atoms with E-state index in [1.165, 1.54) is 5.56 Å². The van der Waals surface area contributed by atoms with Gasteiger partial charge in [-0.15, -0.1) is 0 Å². The van der Waals surface area contributed by atoms with Gasteiger partial charge in [-0.3, -0.25) is 24.3 Å². The number of nitrogens with zero attached hydrogens (tertiary/aromatic N) is 8. The number of rotatable bonds is 5. The quantitative estimate of drug-likeness (QED) is 0.442. The Hall–Kier alpha value is -3.77. The number of aryl methyl sites for hydroxylation is 1. The van der Waals surface area contributed by atoms with Crippen LogP contribution in [0.25, 0.3) is 22.1 Å². The summed E-state index contributed by atoms with van der Waals surface area (Å²) in [6.45, 7) is 8.47. The van der Waals surface area contributed by atoms with Gasteiger partial charge in [-0.2, -0.15) is 10.4 Å². The highest BCUT2D eigenvalue weighted by molar-refractivity contribution is 5.88. The van der Waals surface area contributed by atoms with Crippen LogP contribution in [-0.2, 0) is 13.6 Å². The molecule has 0 N–H and O–H groups in total. The molecule has 5 rings (SSSR count). The van der Waals surface area contributed by atoms with Crippen LogP contribution in [0.15, 0.2) is 47.7 Å². The predicted octanol–water partition coefficient (Wildman–Crippen LogP) is 3.25. The molecule has 0 saturated carbocycles. The van der Waals surface area contributed by atoms with Crippen molar-refractivity contribution in [1.29, 1.82) is 5.26 Å². The summed E-state index contributed by atoms with van der Waals surface area (Å²) in [6, 6.07) is 10.9. The number of anilines is 1. The lowest BCUT2D eigenvalue weighted by molar-refractivity contribution is 0.114. The summed E-state index contributed by atoms with van der Waals surface area (Å²) >= 11 is 0. The molecule has 1 aromatic carbocycles. The molecule has 0 spiro atoms. The molecule has 0 aliphatic carbocycles. The highest BCUT2D eigenvalue weighted by Crippen LogP contribution is 2.33. The first-order valence-electron chi connectivity index (χ1n) is 12.1. The lowest BCUT2D eigenvalue weighted by Crippen LogP contribution is -2.58.